The minimum atomic E-state index is -2.95. The summed E-state index contributed by atoms with van der Waals surface area (Å²) in [6.07, 6.45) is 0. The lowest BCUT2D eigenvalue weighted by Crippen LogP contribution is -2.43. The second kappa shape index (κ2) is 7.06. The van der Waals surface area contributed by atoms with Crippen molar-refractivity contribution in [3.8, 4) is 5.75 Å². The zero-order valence-corrected chi connectivity index (χ0v) is 12.6. The minimum Gasteiger partial charge on any atom is -0.434 e. The number of benzene rings is 1. The van der Waals surface area contributed by atoms with Crippen molar-refractivity contribution in [3.63, 3.8) is 0 Å². The highest BCUT2D eigenvalue weighted by Crippen LogP contribution is 2.26. The number of nitrogens with one attached hydrogen (secondary N) is 2. The summed E-state index contributed by atoms with van der Waals surface area (Å²) in [6.45, 7) is 1.83. The monoisotopic (exact) mass is 315 g/mol. The van der Waals surface area contributed by atoms with Crippen molar-refractivity contribution in [3.05, 3.63) is 23.8 Å². The van der Waals surface area contributed by atoms with E-state index in [9.17, 15) is 18.4 Å². The SMILES string of the molecule is Cc1c(NC(=O)NCC(C)(C)C(N)=O)cccc1OC(F)F. The molecule has 1 aromatic carbocycles. The van der Waals surface area contributed by atoms with Gasteiger partial charge in [0.2, 0.25) is 5.91 Å². The van der Waals surface area contributed by atoms with Crippen LogP contribution in [0.3, 0.4) is 0 Å². The molecule has 0 unspecified atom stereocenters. The van der Waals surface area contributed by atoms with Crippen LogP contribution >= 0.6 is 0 Å². The van der Waals surface area contributed by atoms with Crippen LogP contribution in [-0.4, -0.2) is 25.1 Å². The standard InChI is InChI=1S/C14H19F2N3O3/c1-8-9(5-4-6-10(8)22-12(15)16)19-13(21)18-7-14(2,3)11(17)20/h4-6,12H,7H2,1-3H3,(H2,17,20)(H2,18,19,21). The highest BCUT2D eigenvalue weighted by molar-refractivity contribution is 5.91. The minimum absolute atomic E-state index is 0.0229. The first-order valence-electron chi connectivity index (χ1n) is 6.52. The van der Waals surface area contributed by atoms with Gasteiger partial charge in [-0.2, -0.15) is 8.78 Å². The number of rotatable bonds is 6. The summed E-state index contributed by atoms with van der Waals surface area (Å²) in [4.78, 5) is 23.0. The number of carbonyl (C=O) groups is 2. The van der Waals surface area contributed by atoms with Crippen LogP contribution < -0.4 is 21.1 Å². The van der Waals surface area contributed by atoms with E-state index in [0.29, 0.717) is 11.3 Å². The fraction of sp³-hybridized carbons (Fsp3) is 0.429. The van der Waals surface area contributed by atoms with Crippen LogP contribution in [0.1, 0.15) is 19.4 Å². The second-order valence-electron chi connectivity index (χ2n) is 5.36. The Kier molecular flexibility index (Phi) is 5.67. The van der Waals surface area contributed by atoms with Crippen molar-refractivity contribution < 1.29 is 23.1 Å². The highest BCUT2D eigenvalue weighted by atomic mass is 19.3. The summed E-state index contributed by atoms with van der Waals surface area (Å²) in [5, 5.41) is 5.01. The van der Waals surface area contributed by atoms with Gasteiger partial charge in [0.05, 0.1) is 5.41 Å². The fourth-order valence-electron chi connectivity index (χ4n) is 1.53. The average molecular weight is 315 g/mol. The van der Waals surface area contributed by atoms with Crippen LogP contribution in [0.5, 0.6) is 5.75 Å². The van der Waals surface area contributed by atoms with E-state index in [-0.39, 0.29) is 12.3 Å². The largest absolute Gasteiger partial charge is 0.434 e. The number of carbonyl (C=O) groups excluding carboxylic acids is 2. The number of hydrogen-bond donors (Lipinski definition) is 3. The summed E-state index contributed by atoms with van der Waals surface area (Å²) in [5.41, 5.74) is 5.00. The third kappa shape index (κ3) is 4.87. The molecule has 0 saturated carbocycles. The van der Waals surface area contributed by atoms with Crippen LogP contribution in [-0.2, 0) is 4.79 Å². The molecule has 4 N–H and O–H groups in total. The molecule has 1 aromatic rings. The molecule has 0 aromatic heterocycles. The van der Waals surface area contributed by atoms with Crippen molar-refractivity contribution >= 4 is 17.6 Å². The molecule has 0 heterocycles. The van der Waals surface area contributed by atoms with Gasteiger partial charge >= 0.3 is 12.6 Å². The number of nitrogens with two attached hydrogens (primary N) is 1. The maximum Gasteiger partial charge on any atom is 0.387 e. The topological polar surface area (TPSA) is 93.5 Å². The lowest BCUT2D eigenvalue weighted by atomic mass is 9.93. The maximum absolute atomic E-state index is 12.3. The van der Waals surface area contributed by atoms with E-state index in [1.54, 1.807) is 26.8 Å². The van der Waals surface area contributed by atoms with Crippen molar-refractivity contribution in [2.75, 3.05) is 11.9 Å². The van der Waals surface area contributed by atoms with E-state index in [0.717, 1.165) is 0 Å². The zero-order chi connectivity index (χ0) is 16.9. The molecule has 1 rings (SSSR count). The fourth-order valence-corrected chi connectivity index (χ4v) is 1.53. The van der Waals surface area contributed by atoms with E-state index in [2.05, 4.69) is 15.4 Å². The van der Waals surface area contributed by atoms with Crippen LogP contribution in [0.2, 0.25) is 0 Å². The molecule has 3 amide bonds. The molecular formula is C14H19F2N3O3. The highest BCUT2D eigenvalue weighted by Gasteiger charge is 2.25. The predicted octanol–water partition coefficient (Wildman–Crippen LogP) is 2.23. The van der Waals surface area contributed by atoms with E-state index in [1.807, 2.05) is 0 Å². The van der Waals surface area contributed by atoms with Crippen LogP contribution in [0.25, 0.3) is 0 Å². The Bertz CT molecular complexity index is 562. The van der Waals surface area contributed by atoms with Crippen molar-refractivity contribution in [1.82, 2.24) is 5.32 Å². The number of urea groups is 1. The maximum atomic E-state index is 12.3. The van der Waals surface area contributed by atoms with Gasteiger partial charge in [0.25, 0.3) is 0 Å². The van der Waals surface area contributed by atoms with Gasteiger partial charge in [0.1, 0.15) is 5.75 Å². The quantitative estimate of drug-likeness (QED) is 0.751. The Labute approximate surface area is 127 Å². The van der Waals surface area contributed by atoms with Gasteiger partial charge in [-0.15, -0.1) is 0 Å². The Morgan fingerprint density at radius 3 is 2.55 bits per heavy atom. The number of amides is 3. The molecule has 0 bridgehead atoms. The predicted molar refractivity (Wildman–Crippen MR) is 77.8 cm³/mol. The van der Waals surface area contributed by atoms with Gasteiger partial charge in [-0.3, -0.25) is 4.79 Å². The third-order valence-electron chi connectivity index (χ3n) is 3.11. The molecule has 122 valence electrons. The van der Waals surface area contributed by atoms with Crippen LogP contribution in [0.4, 0.5) is 19.3 Å². The molecule has 8 heteroatoms. The lowest BCUT2D eigenvalue weighted by molar-refractivity contribution is -0.125. The lowest BCUT2D eigenvalue weighted by Gasteiger charge is -2.21. The third-order valence-corrected chi connectivity index (χ3v) is 3.11. The molecule has 0 aliphatic rings. The van der Waals surface area contributed by atoms with Gasteiger partial charge in [-0.1, -0.05) is 6.07 Å². The number of ether oxygens (including phenoxy) is 1. The number of halogens is 2. The van der Waals surface area contributed by atoms with E-state index >= 15 is 0 Å². The van der Waals surface area contributed by atoms with Crippen LogP contribution in [0, 0.1) is 12.3 Å². The molecule has 0 aliphatic carbocycles. The number of hydrogen-bond acceptors (Lipinski definition) is 3. The van der Waals surface area contributed by atoms with Gasteiger partial charge in [-0.25, -0.2) is 4.79 Å². The molecule has 22 heavy (non-hydrogen) atoms. The van der Waals surface area contributed by atoms with Crippen molar-refractivity contribution in [1.29, 1.82) is 0 Å². The Balaban J connectivity index is 2.71. The first kappa shape index (κ1) is 17.7. The molecule has 0 spiro atoms. The van der Waals surface area contributed by atoms with E-state index < -0.39 is 24.0 Å². The summed E-state index contributed by atoms with van der Waals surface area (Å²) < 4.78 is 28.9. The van der Waals surface area contributed by atoms with Gasteiger partial charge in [0.15, 0.2) is 0 Å². The molecular weight excluding hydrogens is 296 g/mol. The van der Waals surface area contributed by atoms with Gasteiger partial charge < -0.3 is 21.1 Å². The smallest absolute Gasteiger partial charge is 0.387 e. The van der Waals surface area contributed by atoms with Crippen molar-refractivity contribution in [2.45, 2.75) is 27.4 Å². The molecule has 0 radical (unpaired) electrons. The molecule has 0 atom stereocenters. The number of alkyl halides is 2. The summed E-state index contributed by atoms with van der Waals surface area (Å²) in [6, 6.07) is 3.83. The normalized spacial score (nSPS) is 11.2. The molecule has 0 fully saturated rings. The Morgan fingerprint density at radius 2 is 2.00 bits per heavy atom. The van der Waals surface area contributed by atoms with Crippen LogP contribution in [0.15, 0.2) is 18.2 Å². The molecule has 0 saturated heterocycles. The number of anilines is 1. The van der Waals surface area contributed by atoms with Gasteiger partial charge in [-0.05, 0) is 32.9 Å². The second-order valence-corrected chi connectivity index (χ2v) is 5.36. The summed E-state index contributed by atoms with van der Waals surface area (Å²) in [7, 11) is 0. The van der Waals surface area contributed by atoms with Crippen molar-refractivity contribution in [2.24, 2.45) is 11.1 Å². The number of primary amides is 1. The Morgan fingerprint density at radius 1 is 1.36 bits per heavy atom. The molecule has 0 aliphatic heterocycles. The zero-order valence-electron chi connectivity index (χ0n) is 12.6. The van der Waals surface area contributed by atoms with E-state index in [1.165, 1.54) is 12.1 Å². The van der Waals surface area contributed by atoms with Gasteiger partial charge in [0, 0.05) is 17.8 Å². The first-order valence-corrected chi connectivity index (χ1v) is 6.52. The average Bonchev–Trinajstić information content (AvgIpc) is 2.40. The first-order chi connectivity index (χ1) is 10.1. The molecule has 6 nitrogen and oxygen atoms in total. The Hall–Kier alpha value is -2.38. The van der Waals surface area contributed by atoms with E-state index in [4.69, 9.17) is 5.73 Å². The summed E-state index contributed by atoms with van der Waals surface area (Å²) in [5.74, 6) is -0.568. The summed E-state index contributed by atoms with van der Waals surface area (Å²) >= 11 is 0.